The summed E-state index contributed by atoms with van der Waals surface area (Å²) in [6, 6.07) is 6.36. The largest absolute Gasteiger partial charge is 0.352 e. The molecule has 1 aromatic carbocycles. The average molecular weight is 259 g/mol. The van der Waals surface area contributed by atoms with Gasteiger partial charge in [-0.15, -0.1) is 10.2 Å². The van der Waals surface area contributed by atoms with Gasteiger partial charge in [-0.25, -0.2) is 9.37 Å². The van der Waals surface area contributed by atoms with Crippen molar-refractivity contribution >= 4 is 5.82 Å². The summed E-state index contributed by atoms with van der Waals surface area (Å²) in [6.45, 7) is 3.54. The van der Waals surface area contributed by atoms with Crippen molar-refractivity contribution in [3.05, 3.63) is 36.4 Å². The molecular formula is C13H14FN5. The van der Waals surface area contributed by atoms with Gasteiger partial charge in [0.25, 0.3) is 0 Å². The Hall–Kier alpha value is -2.08. The van der Waals surface area contributed by atoms with Gasteiger partial charge in [0.2, 0.25) is 0 Å². The lowest BCUT2D eigenvalue weighted by molar-refractivity contribution is 0.583. The van der Waals surface area contributed by atoms with Gasteiger partial charge >= 0.3 is 0 Å². The van der Waals surface area contributed by atoms with Crippen LogP contribution < -0.4 is 10.2 Å². The van der Waals surface area contributed by atoms with Gasteiger partial charge in [-0.2, -0.15) is 0 Å². The Morgan fingerprint density at radius 1 is 1.21 bits per heavy atom. The fourth-order valence-corrected chi connectivity index (χ4v) is 2.20. The second kappa shape index (κ2) is 5.27. The van der Waals surface area contributed by atoms with Gasteiger partial charge in [0.1, 0.15) is 17.8 Å². The summed E-state index contributed by atoms with van der Waals surface area (Å²) in [4.78, 5) is 6.45. The number of hydrogen-bond acceptors (Lipinski definition) is 5. The molecule has 2 heterocycles. The van der Waals surface area contributed by atoms with Crippen molar-refractivity contribution < 1.29 is 4.39 Å². The first-order chi connectivity index (χ1) is 9.34. The number of nitrogens with zero attached hydrogens (tertiary/aromatic N) is 4. The molecule has 1 N–H and O–H groups in total. The van der Waals surface area contributed by atoms with Gasteiger partial charge in [0.05, 0.1) is 0 Å². The van der Waals surface area contributed by atoms with Crippen LogP contribution >= 0.6 is 0 Å². The second-order valence-corrected chi connectivity index (χ2v) is 4.38. The third-order valence-corrected chi connectivity index (χ3v) is 3.12. The number of halogens is 1. The Bertz CT molecular complexity index is 568. The fraction of sp³-hybridized carbons (Fsp3) is 0.308. The Labute approximate surface area is 110 Å². The topological polar surface area (TPSA) is 53.9 Å². The smallest absolute Gasteiger partial charge is 0.159 e. The summed E-state index contributed by atoms with van der Waals surface area (Å²) in [5.41, 5.74) is 1.33. The minimum atomic E-state index is -0.283. The number of rotatable bonds is 2. The molecule has 1 fully saturated rings. The van der Waals surface area contributed by atoms with Gasteiger partial charge in [-0.3, -0.25) is 0 Å². The second-order valence-electron chi connectivity index (χ2n) is 4.38. The highest BCUT2D eigenvalue weighted by molar-refractivity contribution is 5.71. The predicted octanol–water partition coefficient (Wildman–Crippen LogP) is 1.09. The van der Waals surface area contributed by atoms with Crippen LogP contribution in [0.3, 0.4) is 0 Å². The van der Waals surface area contributed by atoms with Crippen molar-refractivity contribution in [1.82, 2.24) is 20.5 Å². The van der Waals surface area contributed by atoms with E-state index in [0.717, 1.165) is 32.0 Å². The zero-order valence-corrected chi connectivity index (χ0v) is 10.4. The first kappa shape index (κ1) is 12.0. The predicted molar refractivity (Wildman–Crippen MR) is 70.3 cm³/mol. The molecule has 6 heteroatoms. The first-order valence-electron chi connectivity index (χ1n) is 6.24. The van der Waals surface area contributed by atoms with E-state index in [1.165, 1.54) is 18.5 Å². The number of hydrogen-bond donors (Lipinski definition) is 1. The standard InChI is InChI=1S/C13H14FN5/c14-11-3-1-2-10(8-11)12-13(16-9-17-18-12)19-6-4-15-5-7-19/h1-3,8-9,15H,4-7H2. The lowest BCUT2D eigenvalue weighted by Crippen LogP contribution is -2.44. The van der Waals surface area contributed by atoms with Crippen molar-refractivity contribution in [2.24, 2.45) is 0 Å². The number of piperazine rings is 1. The number of nitrogens with one attached hydrogen (secondary N) is 1. The van der Waals surface area contributed by atoms with Gasteiger partial charge < -0.3 is 10.2 Å². The van der Waals surface area contributed by atoms with E-state index in [9.17, 15) is 4.39 Å². The minimum Gasteiger partial charge on any atom is -0.352 e. The van der Waals surface area contributed by atoms with Crippen LogP contribution in [0.4, 0.5) is 10.2 Å². The molecule has 2 aromatic rings. The van der Waals surface area contributed by atoms with E-state index in [1.807, 2.05) is 6.07 Å². The molecule has 0 bridgehead atoms. The summed E-state index contributed by atoms with van der Waals surface area (Å²) in [6.07, 6.45) is 1.43. The maximum atomic E-state index is 13.3. The van der Waals surface area contributed by atoms with E-state index in [0.29, 0.717) is 11.3 Å². The lowest BCUT2D eigenvalue weighted by Gasteiger charge is -2.29. The molecular weight excluding hydrogens is 245 g/mol. The summed E-state index contributed by atoms with van der Waals surface area (Å²) in [5, 5.41) is 11.2. The molecule has 0 unspecified atom stereocenters. The molecule has 1 saturated heterocycles. The summed E-state index contributed by atoms with van der Waals surface area (Å²) < 4.78 is 13.3. The van der Waals surface area contributed by atoms with Gasteiger partial charge in [-0.1, -0.05) is 12.1 Å². The average Bonchev–Trinajstić information content (AvgIpc) is 2.48. The van der Waals surface area contributed by atoms with Crippen LogP contribution in [0, 0.1) is 5.82 Å². The summed E-state index contributed by atoms with van der Waals surface area (Å²) in [5.74, 6) is 0.483. The first-order valence-corrected chi connectivity index (χ1v) is 6.24. The van der Waals surface area contributed by atoms with E-state index in [1.54, 1.807) is 6.07 Å². The fourth-order valence-electron chi connectivity index (χ4n) is 2.20. The molecule has 98 valence electrons. The van der Waals surface area contributed by atoms with Crippen molar-refractivity contribution in [3.63, 3.8) is 0 Å². The highest BCUT2D eigenvalue weighted by Gasteiger charge is 2.18. The van der Waals surface area contributed by atoms with E-state index < -0.39 is 0 Å². The van der Waals surface area contributed by atoms with Crippen LogP contribution in [0.25, 0.3) is 11.3 Å². The van der Waals surface area contributed by atoms with Crippen LogP contribution in [0.5, 0.6) is 0 Å². The quantitative estimate of drug-likeness (QED) is 0.875. The Kier molecular flexibility index (Phi) is 3.33. The highest BCUT2D eigenvalue weighted by atomic mass is 19.1. The van der Waals surface area contributed by atoms with E-state index in [4.69, 9.17) is 0 Å². The van der Waals surface area contributed by atoms with Gasteiger partial charge in [0.15, 0.2) is 5.82 Å². The molecule has 0 saturated carbocycles. The zero-order chi connectivity index (χ0) is 13.1. The van der Waals surface area contributed by atoms with E-state index in [-0.39, 0.29) is 5.82 Å². The third kappa shape index (κ3) is 2.53. The van der Waals surface area contributed by atoms with Gasteiger partial charge in [-0.05, 0) is 12.1 Å². The van der Waals surface area contributed by atoms with Crippen LogP contribution in [0.2, 0.25) is 0 Å². The summed E-state index contributed by atoms with van der Waals surface area (Å²) in [7, 11) is 0. The van der Waals surface area contributed by atoms with E-state index >= 15 is 0 Å². The van der Waals surface area contributed by atoms with Crippen LogP contribution in [0.15, 0.2) is 30.6 Å². The summed E-state index contributed by atoms with van der Waals surface area (Å²) >= 11 is 0. The Balaban J connectivity index is 2.01. The minimum absolute atomic E-state index is 0.283. The maximum absolute atomic E-state index is 13.3. The normalized spacial score (nSPS) is 15.5. The monoisotopic (exact) mass is 259 g/mol. The Morgan fingerprint density at radius 2 is 2.05 bits per heavy atom. The molecule has 0 radical (unpaired) electrons. The van der Waals surface area contributed by atoms with Crippen molar-refractivity contribution in [3.8, 4) is 11.3 Å². The lowest BCUT2D eigenvalue weighted by atomic mass is 10.1. The Morgan fingerprint density at radius 3 is 2.84 bits per heavy atom. The van der Waals surface area contributed by atoms with Crippen LogP contribution in [-0.4, -0.2) is 41.4 Å². The SMILES string of the molecule is Fc1cccc(-c2nncnc2N2CCNCC2)c1. The highest BCUT2D eigenvalue weighted by Crippen LogP contribution is 2.26. The molecule has 5 nitrogen and oxygen atoms in total. The molecule has 1 aliphatic heterocycles. The third-order valence-electron chi connectivity index (χ3n) is 3.12. The van der Waals surface area contributed by atoms with Crippen molar-refractivity contribution in [2.75, 3.05) is 31.1 Å². The number of anilines is 1. The maximum Gasteiger partial charge on any atom is 0.159 e. The molecule has 0 aliphatic carbocycles. The molecule has 0 spiro atoms. The molecule has 0 atom stereocenters. The van der Waals surface area contributed by atoms with Crippen molar-refractivity contribution in [1.29, 1.82) is 0 Å². The molecule has 0 amide bonds. The molecule has 1 aromatic heterocycles. The van der Waals surface area contributed by atoms with Crippen LogP contribution in [-0.2, 0) is 0 Å². The molecule has 19 heavy (non-hydrogen) atoms. The number of benzene rings is 1. The van der Waals surface area contributed by atoms with Crippen LogP contribution in [0.1, 0.15) is 0 Å². The van der Waals surface area contributed by atoms with Crippen molar-refractivity contribution in [2.45, 2.75) is 0 Å². The molecule has 3 rings (SSSR count). The van der Waals surface area contributed by atoms with E-state index in [2.05, 4.69) is 25.4 Å². The zero-order valence-electron chi connectivity index (χ0n) is 10.4. The number of aromatic nitrogens is 3. The van der Waals surface area contributed by atoms with Gasteiger partial charge in [0, 0.05) is 31.7 Å². The molecule has 1 aliphatic rings.